The zero-order valence-corrected chi connectivity index (χ0v) is 23.9. The van der Waals surface area contributed by atoms with Gasteiger partial charge in [-0.3, -0.25) is 13.9 Å². The lowest BCUT2D eigenvalue weighted by Gasteiger charge is -2.32. The molecule has 0 aliphatic rings. The van der Waals surface area contributed by atoms with E-state index in [1.165, 1.54) is 17.0 Å². The van der Waals surface area contributed by atoms with Crippen molar-refractivity contribution in [2.24, 2.45) is 0 Å². The van der Waals surface area contributed by atoms with E-state index in [9.17, 15) is 18.0 Å². The standard InChI is InChI=1S/C26H27Br2N3O4S/c1-3-29-26(33)19(2)30(17-20-9-11-21(27)12-10-20)25(32)18-31(23-15-13-22(28)14-16-23)36(34,35)24-7-5-4-6-8-24/h4-16,19H,3,17-18H2,1-2H3,(H,29,33). The molecule has 0 fully saturated rings. The van der Waals surface area contributed by atoms with Gasteiger partial charge in [-0.1, -0.05) is 62.2 Å². The Balaban J connectivity index is 2.00. The summed E-state index contributed by atoms with van der Waals surface area (Å²) >= 11 is 6.76. The topological polar surface area (TPSA) is 86.8 Å². The largest absolute Gasteiger partial charge is 0.355 e. The average Bonchev–Trinajstić information content (AvgIpc) is 2.87. The number of nitrogens with zero attached hydrogens (tertiary/aromatic N) is 2. The first-order chi connectivity index (χ1) is 17.1. The molecule has 0 aliphatic carbocycles. The van der Waals surface area contributed by atoms with Crippen LogP contribution in [0.5, 0.6) is 0 Å². The highest BCUT2D eigenvalue weighted by atomic mass is 79.9. The van der Waals surface area contributed by atoms with Crippen molar-refractivity contribution in [2.45, 2.75) is 31.3 Å². The third kappa shape index (κ3) is 6.96. The van der Waals surface area contributed by atoms with E-state index in [0.717, 1.165) is 18.8 Å². The molecule has 7 nitrogen and oxygen atoms in total. The molecule has 0 saturated heterocycles. The number of hydrogen-bond donors (Lipinski definition) is 1. The first-order valence-electron chi connectivity index (χ1n) is 11.3. The summed E-state index contributed by atoms with van der Waals surface area (Å²) < 4.78 is 30.0. The van der Waals surface area contributed by atoms with Crippen LogP contribution in [0, 0.1) is 0 Å². The molecule has 0 aromatic heterocycles. The smallest absolute Gasteiger partial charge is 0.264 e. The number of carbonyl (C=O) groups is 2. The van der Waals surface area contributed by atoms with Crippen molar-refractivity contribution >= 4 is 59.4 Å². The van der Waals surface area contributed by atoms with Gasteiger partial charge in [0.2, 0.25) is 11.8 Å². The van der Waals surface area contributed by atoms with E-state index in [1.54, 1.807) is 56.3 Å². The van der Waals surface area contributed by atoms with Crippen LogP contribution in [0.25, 0.3) is 0 Å². The highest BCUT2D eigenvalue weighted by molar-refractivity contribution is 9.10. The number of nitrogens with one attached hydrogen (secondary N) is 1. The van der Waals surface area contributed by atoms with Gasteiger partial charge in [0.05, 0.1) is 10.6 Å². The van der Waals surface area contributed by atoms with E-state index in [-0.39, 0.29) is 17.3 Å². The Hall–Kier alpha value is -2.69. The summed E-state index contributed by atoms with van der Waals surface area (Å²) in [5.41, 5.74) is 1.15. The van der Waals surface area contributed by atoms with E-state index in [0.29, 0.717) is 12.2 Å². The molecule has 1 atom stereocenters. The van der Waals surface area contributed by atoms with E-state index < -0.39 is 28.5 Å². The Morgan fingerprint density at radius 3 is 2.00 bits per heavy atom. The third-order valence-electron chi connectivity index (χ3n) is 5.51. The number of carbonyl (C=O) groups excluding carboxylic acids is 2. The maximum atomic E-state index is 13.7. The highest BCUT2D eigenvalue weighted by Gasteiger charge is 2.32. The molecule has 0 radical (unpaired) electrons. The molecule has 0 saturated carbocycles. The summed E-state index contributed by atoms with van der Waals surface area (Å²) in [6.45, 7) is 3.52. The molecule has 0 spiro atoms. The summed E-state index contributed by atoms with van der Waals surface area (Å²) in [6, 6.07) is 21.2. The van der Waals surface area contributed by atoms with Gasteiger partial charge in [-0.25, -0.2) is 8.42 Å². The zero-order valence-electron chi connectivity index (χ0n) is 19.9. The Bertz CT molecular complexity index is 1290. The Labute approximate surface area is 228 Å². The summed E-state index contributed by atoms with van der Waals surface area (Å²) in [4.78, 5) is 27.9. The molecule has 3 rings (SSSR count). The number of rotatable bonds is 10. The second-order valence-corrected chi connectivity index (χ2v) is 11.7. The van der Waals surface area contributed by atoms with Gasteiger partial charge < -0.3 is 10.2 Å². The number of amides is 2. The van der Waals surface area contributed by atoms with Gasteiger partial charge >= 0.3 is 0 Å². The molecular weight excluding hydrogens is 610 g/mol. The number of benzene rings is 3. The van der Waals surface area contributed by atoms with E-state index in [4.69, 9.17) is 0 Å². The lowest BCUT2D eigenvalue weighted by Crippen LogP contribution is -2.51. The molecule has 3 aromatic carbocycles. The normalized spacial score (nSPS) is 12.0. The lowest BCUT2D eigenvalue weighted by atomic mass is 10.1. The number of halogens is 2. The molecule has 0 aliphatic heterocycles. The van der Waals surface area contributed by atoms with Crippen LogP contribution in [0.15, 0.2) is 92.7 Å². The van der Waals surface area contributed by atoms with Crippen LogP contribution in [-0.2, 0) is 26.2 Å². The molecule has 0 heterocycles. The van der Waals surface area contributed by atoms with Gasteiger partial charge in [0, 0.05) is 22.0 Å². The van der Waals surface area contributed by atoms with Gasteiger partial charge in [-0.15, -0.1) is 0 Å². The van der Waals surface area contributed by atoms with E-state index in [2.05, 4.69) is 37.2 Å². The van der Waals surface area contributed by atoms with Gasteiger partial charge in [0.1, 0.15) is 12.6 Å². The summed E-state index contributed by atoms with van der Waals surface area (Å²) in [5.74, 6) is -0.817. The monoisotopic (exact) mass is 635 g/mol. The summed E-state index contributed by atoms with van der Waals surface area (Å²) in [6.07, 6.45) is 0. The van der Waals surface area contributed by atoms with Crippen molar-refractivity contribution in [1.29, 1.82) is 0 Å². The molecule has 1 N–H and O–H groups in total. The van der Waals surface area contributed by atoms with Crippen molar-refractivity contribution in [3.8, 4) is 0 Å². The van der Waals surface area contributed by atoms with Crippen LogP contribution in [0.1, 0.15) is 19.4 Å². The Kier molecular flexibility index (Phi) is 9.69. The fourth-order valence-corrected chi connectivity index (χ4v) is 5.51. The number of sulfonamides is 1. The Morgan fingerprint density at radius 2 is 1.44 bits per heavy atom. The summed E-state index contributed by atoms with van der Waals surface area (Å²) in [7, 11) is -4.07. The molecule has 10 heteroatoms. The van der Waals surface area contributed by atoms with Crippen LogP contribution < -0.4 is 9.62 Å². The molecule has 1 unspecified atom stereocenters. The fraction of sp³-hybridized carbons (Fsp3) is 0.231. The average molecular weight is 637 g/mol. The van der Waals surface area contributed by atoms with Crippen LogP contribution in [-0.4, -0.2) is 44.3 Å². The molecule has 0 bridgehead atoms. The molecular formula is C26H27Br2N3O4S. The molecule has 190 valence electrons. The van der Waals surface area contributed by atoms with Gasteiger partial charge in [-0.2, -0.15) is 0 Å². The van der Waals surface area contributed by atoms with Crippen molar-refractivity contribution in [3.63, 3.8) is 0 Å². The minimum Gasteiger partial charge on any atom is -0.355 e. The Morgan fingerprint density at radius 1 is 0.889 bits per heavy atom. The zero-order chi connectivity index (χ0) is 26.3. The lowest BCUT2D eigenvalue weighted by molar-refractivity contribution is -0.139. The second kappa shape index (κ2) is 12.5. The van der Waals surface area contributed by atoms with E-state index in [1.807, 2.05) is 24.3 Å². The summed E-state index contributed by atoms with van der Waals surface area (Å²) in [5, 5.41) is 2.75. The fourth-order valence-electron chi connectivity index (χ4n) is 3.55. The van der Waals surface area contributed by atoms with Crippen LogP contribution in [0.2, 0.25) is 0 Å². The van der Waals surface area contributed by atoms with Crippen molar-refractivity contribution in [2.75, 3.05) is 17.4 Å². The van der Waals surface area contributed by atoms with Crippen molar-refractivity contribution in [3.05, 3.63) is 93.4 Å². The maximum Gasteiger partial charge on any atom is 0.264 e. The van der Waals surface area contributed by atoms with Crippen LogP contribution >= 0.6 is 31.9 Å². The minimum absolute atomic E-state index is 0.0666. The molecule has 36 heavy (non-hydrogen) atoms. The second-order valence-electron chi connectivity index (χ2n) is 8.02. The van der Waals surface area contributed by atoms with Gasteiger partial charge in [-0.05, 0) is 67.9 Å². The molecule has 3 aromatic rings. The van der Waals surface area contributed by atoms with E-state index >= 15 is 0 Å². The predicted octanol–water partition coefficient (Wildman–Crippen LogP) is 4.96. The quantitative estimate of drug-likeness (QED) is 0.341. The SMILES string of the molecule is CCNC(=O)C(C)N(Cc1ccc(Br)cc1)C(=O)CN(c1ccc(Br)cc1)S(=O)(=O)c1ccccc1. The molecule has 2 amide bonds. The van der Waals surface area contributed by atoms with Crippen molar-refractivity contribution in [1.82, 2.24) is 10.2 Å². The predicted molar refractivity (Wildman–Crippen MR) is 148 cm³/mol. The number of hydrogen-bond acceptors (Lipinski definition) is 4. The number of likely N-dealkylation sites (N-methyl/N-ethyl adjacent to an activating group) is 1. The minimum atomic E-state index is -4.07. The first-order valence-corrected chi connectivity index (χ1v) is 14.3. The third-order valence-corrected chi connectivity index (χ3v) is 8.35. The van der Waals surface area contributed by atoms with Crippen LogP contribution in [0.3, 0.4) is 0 Å². The van der Waals surface area contributed by atoms with Crippen molar-refractivity contribution < 1.29 is 18.0 Å². The highest BCUT2D eigenvalue weighted by Crippen LogP contribution is 2.26. The van der Waals surface area contributed by atoms with Crippen LogP contribution in [0.4, 0.5) is 5.69 Å². The first kappa shape index (κ1) is 27.9. The maximum absolute atomic E-state index is 13.7. The number of anilines is 1. The van der Waals surface area contributed by atoms with Gasteiger partial charge in [0.15, 0.2) is 0 Å². The van der Waals surface area contributed by atoms with Gasteiger partial charge in [0.25, 0.3) is 10.0 Å².